The maximum atomic E-state index is 6.22. The maximum Gasteiger partial charge on any atom is 0.237 e. The van der Waals surface area contributed by atoms with Crippen molar-refractivity contribution in [2.24, 2.45) is 10.9 Å². The number of rotatable bonds is 2. The maximum absolute atomic E-state index is 6.22. The fourth-order valence-corrected chi connectivity index (χ4v) is 3.58. The van der Waals surface area contributed by atoms with Crippen LogP contribution in [0.3, 0.4) is 0 Å². The molecule has 0 radical (unpaired) electrons. The number of nitrogens with zero attached hydrogens (tertiary/aromatic N) is 6. The van der Waals surface area contributed by atoms with Gasteiger partial charge in [0.05, 0.1) is 35.0 Å². The van der Waals surface area contributed by atoms with Crippen molar-refractivity contribution in [2.75, 3.05) is 6.61 Å². The highest BCUT2D eigenvalue weighted by Crippen LogP contribution is 2.31. The number of aliphatic imine (C=N–C) groups is 1. The van der Waals surface area contributed by atoms with Crippen LogP contribution in [0.2, 0.25) is 5.02 Å². The number of hydrogen-bond donors (Lipinski definition) is 0. The number of hydrogen-bond acceptors (Lipinski definition) is 5. The Labute approximate surface area is 155 Å². The fraction of sp³-hybridized carbons (Fsp3) is 0.333. The summed E-state index contributed by atoms with van der Waals surface area (Å²) in [4.78, 5) is 9.36. The molecule has 0 saturated carbocycles. The fourth-order valence-electron chi connectivity index (χ4n) is 3.41. The van der Waals surface area contributed by atoms with Gasteiger partial charge in [0.1, 0.15) is 18.6 Å². The van der Waals surface area contributed by atoms with Gasteiger partial charge in [0.15, 0.2) is 0 Å². The Balaban J connectivity index is 1.70. The van der Waals surface area contributed by atoms with E-state index in [0.29, 0.717) is 29.9 Å². The second kappa shape index (κ2) is 5.67. The largest absolute Gasteiger partial charge is 0.474 e. The van der Waals surface area contributed by atoms with Gasteiger partial charge in [0, 0.05) is 11.4 Å². The van der Waals surface area contributed by atoms with Gasteiger partial charge < -0.3 is 4.74 Å². The number of aromatic nitrogens is 5. The van der Waals surface area contributed by atoms with Crippen LogP contribution in [0.4, 0.5) is 0 Å². The average Bonchev–Trinajstić information content (AvgIpc) is 3.33. The molecule has 132 valence electrons. The van der Waals surface area contributed by atoms with Crippen LogP contribution >= 0.6 is 11.6 Å². The van der Waals surface area contributed by atoms with Gasteiger partial charge in [-0.1, -0.05) is 30.7 Å². The van der Waals surface area contributed by atoms with E-state index in [-0.39, 0.29) is 6.04 Å². The summed E-state index contributed by atoms with van der Waals surface area (Å²) in [6, 6.07) is 5.90. The summed E-state index contributed by atoms with van der Waals surface area (Å²) in [5.41, 5.74) is 4.59. The lowest BCUT2D eigenvalue weighted by Gasteiger charge is -2.10. The number of imidazole rings is 1. The van der Waals surface area contributed by atoms with Crippen molar-refractivity contribution in [1.29, 1.82) is 0 Å². The topological polar surface area (TPSA) is 70.1 Å². The predicted octanol–water partition coefficient (Wildman–Crippen LogP) is 2.81. The van der Waals surface area contributed by atoms with Gasteiger partial charge in [0.25, 0.3) is 0 Å². The first-order chi connectivity index (χ1) is 12.6. The number of fused-ring (bicyclic) bond motifs is 5. The van der Waals surface area contributed by atoms with Crippen LogP contribution in [-0.4, -0.2) is 43.1 Å². The van der Waals surface area contributed by atoms with E-state index in [1.54, 1.807) is 6.20 Å². The Morgan fingerprint density at radius 1 is 1.27 bits per heavy atom. The molecular formula is C18H17ClN6O. The van der Waals surface area contributed by atoms with E-state index < -0.39 is 0 Å². The molecule has 0 fully saturated rings. The molecule has 0 spiro atoms. The summed E-state index contributed by atoms with van der Waals surface area (Å²) < 4.78 is 9.76. The molecule has 4 heterocycles. The highest BCUT2D eigenvalue weighted by atomic mass is 35.5. The van der Waals surface area contributed by atoms with Crippen molar-refractivity contribution < 1.29 is 4.74 Å². The van der Waals surface area contributed by atoms with E-state index in [0.717, 1.165) is 28.5 Å². The van der Waals surface area contributed by atoms with Crippen LogP contribution in [0.25, 0.3) is 11.4 Å². The van der Waals surface area contributed by atoms with Crippen LogP contribution < -0.4 is 0 Å². The zero-order chi connectivity index (χ0) is 17.8. The highest BCUT2D eigenvalue weighted by Gasteiger charge is 2.30. The number of halogens is 1. The third-order valence-electron chi connectivity index (χ3n) is 4.91. The molecule has 0 bridgehead atoms. The average molecular weight is 369 g/mol. The molecule has 2 aromatic heterocycles. The van der Waals surface area contributed by atoms with Crippen LogP contribution in [0, 0.1) is 5.92 Å². The lowest BCUT2D eigenvalue weighted by atomic mass is 10.1. The minimum Gasteiger partial charge on any atom is -0.474 e. The minimum atomic E-state index is 0.173. The highest BCUT2D eigenvalue weighted by molar-refractivity contribution is 6.30. The molecule has 2 aliphatic rings. The molecule has 1 aromatic carbocycles. The molecule has 8 heteroatoms. The second-order valence-electron chi connectivity index (χ2n) is 6.91. The van der Waals surface area contributed by atoms with Gasteiger partial charge in [-0.2, -0.15) is 0 Å². The molecule has 0 N–H and O–H groups in total. The van der Waals surface area contributed by atoms with Crippen molar-refractivity contribution in [3.05, 3.63) is 52.8 Å². The van der Waals surface area contributed by atoms with Crippen molar-refractivity contribution in [2.45, 2.75) is 26.3 Å². The molecule has 0 unspecified atom stereocenters. The van der Waals surface area contributed by atoms with Crippen molar-refractivity contribution in [3.8, 4) is 11.4 Å². The Kier molecular flexibility index (Phi) is 3.40. The lowest BCUT2D eigenvalue weighted by molar-refractivity contribution is 0.291. The van der Waals surface area contributed by atoms with Crippen LogP contribution in [-0.2, 0) is 11.2 Å². The Bertz CT molecular complexity index is 1030. The number of ether oxygens (including phenoxy) is 1. The summed E-state index contributed by atoms with van der Waals surface area (Å²) in [6.45, 7) is 4.90. The summed E-state index contributed by atoms with van der Waals surface area (Å²) >= 11 is 6.22. The zero-order valence-electron chi connectivity index (χ0n) is 14.4. The minimum absolute atomic E-state index is 0.173. The SMILES string of the molecule is CC(C)[C@H]1COC(c2ncn3c2Cc2cnnn2-c2cc(Cl)ccc2-3)=N1. The van der Waals surface area contributed by atoms with Gasteiger partial charge in [0.2, 0.25) is 5.90 Å². The summed E-state index contributed by atoms with van der Waals surface area (Å²) in [5.74, 6) is 1.05. The molecule has 0 saturated heterocycles. The molecule has 0 aliphatic carbocycles. The third-order valence-corrected chi connectivity index (χ3v) is 5.14. The van der Waals surface area contributed by atoms with E-state index in [9.17, 15) is 0 Å². The summed E-state index contributed by atoms with van der Waals surface area (Å²) in [7, 11) is 0. The first-order valence-electron chi connectivity index (χ1n) is 8.59. The van der Waals surface area contributed by atoms with E-state index >= 15 is 0 Å². The van der Waals surface area contributed by atoms with E-state index in [1.807, 2.05) is 29.2 Å². The lowest BCUT2D eigenvalue weighted by Crippen LogP contribution is -2.13. The van der Waals surface area contributed by atoms with Crippen LogP contribution in [0.1, 0.15) is 30.9 Å². The molecule has 1 atom stereocenters. The first kappa shape index (κ1) is 15.6. The standard InChI is InChI=1S/C18H17ClN6O/c1-10(2)13-8-26-18(22-13)17-16-6-12-7-21-23-25(12)15-5-11(19)3-4-14(15)24(16)9-20-17/h3-5,7,9-10,13H,6,8H2,1-2H3/t13-/m1/s1. The van der Waals surface area contributed by atoms with Gasteiger partial charge >= 0.3 is 0 Å². The Morgan fingerprint density at radius 3 is 2.96 bits per heavy atom. The van der Waals surface area contributed by atoms with E-state index in [2.05, 4.69) is 33.7 Å². The van der Waals surface area contributed by atoms with Gasteiger partial charge in [-0.3, -0.25) is 4.57 Å². The van der Waals surface area contributed by atoms with Crippen molar-refractivity contribution in [3.63, 3.8) is 0 Å². The second-order valence-corrected chi connectivity index (χ2v) is 7.35. The Morgan fingerprint density at radius 2 is 2.15 bits per heavy atom. The smallest absolute Gasteiger partial charge is 0.237 e. The molecule has 3 aromatic rings. The monoisotopic (exact) mass is 368 g/mol. The third kappa shape index (κ3) is 2.27. The van der Waals surface area contributed by atoms with Crippen molar-refractivity contribution in [1.82, 2.24) is 24.5 Å². The van der Waals surface area contributed by atoms with Crippen molar-refractivity contribution >= 4 is 17.5 Å². The Hall–Kier alpha value is -2.67. The predicted molar refractivity (Wildman–Crippen MR) is 97.4 cm³/mol. The van der Waals surface area contributed by atoms with E-state index in [4.69, 9.17) is 21.3 Å². The zero-order valence-corrected chi connectivity index (χ0v) is 15.2. The van der Waals surface area contributed by atoms with Gasteiger partial charge in [-0.25, -0.2) is 14.7 Å². The van der Waals surface area contributed by atoms with Gasteiger partial charge in [-0.05, 0) is 24.1 Å². The summed E-state index contributed by atoms with van der Waals surface area (Å²) in [6.07, 6.45) is 4.21. The molecule has 7 nitrogen and oxygen atoms in total. The van der Waals surface area contributed by atoms with E-state index in [1.165, 1.54) is 0 Å². The molecular weight excluding hydrogens is 352 g/mol. The summed E-state index contributed by atoms with van der Waals surface area (Å²) in [5, 5.41) is 8.96. The van der Waals surface area contributed by atoms with Gasteiger partial charge in [-0.15, -0.1) is 5.10 Å². The number of benzene rings is 1. The molecule has 26 heavy (non-hydrogen) atoms. The first-order valence-corrected chi connectivity index (χ1v) is 8.96. The quantitative estimate of drug-likeness (QED) is 0.545. The molecule has 5 rings (SSSR count). The molecule has 2 aliphatic heterocycles. The van der Waals surface area contributed by atoms with Crippen LogP contribution in [0.15, 0.2) is 35.7 Å². The normalized spacial score (nSPS) is 18.0. The van der Waals surface area contributed by atoms with Crippen LogP contribution in [0.5, 0.6) is 0 Å². The molecule has 0 amide bonds.